The number of hydrogen-bond donors (Lipinski definition) is 0. The minimum atomic E-state index is 0.623. The zero-order chi connectivity index (χ0) is 9.26. The van der Waals surface area contributed by atoms with Crippen molar-refractivity contribution in [3.8, 4) is 5.75 Å². The predicted molar refractivity (Wildman–Crippen MR) is 51.9 cm³/mol. The molecule has 13 heavy (non-hydrogen) atoms. The molecule has 0 spiro atoms. The van der Waals surface area contributed by atoms with E-state index in [0.29, 0.717) is 11.8 Å². The molecule has 0 fully saturated rings. The van der Waals surface area contributed by atoms with Crippen molar-refractivity contribution in [2.24, 2.45) is 5.92 Å². The third kappa shape index (κ3) is 1.53. The second-order valence-electron chi connectivity index (χ2n) is 3.90. The summed E-state index contributed by atoms with van der Waals surface area (Å²) in [7, 11) is 0. The maximum Gasteiger partial charge on any atom is 0.125 e. The van der Waals surface area contributed by atoms with E-state index >= 15 is 0 Å². The fourth-order valence-corrected chi connectivity index (χ4v) is 1.95. The van der Waals surface area contributed by atoms with Crippen LogP contribution in [0.15, 0.2) is 18.5 Å². The van der Waals surface area contributed by atoms with Crippen LogP contribution in [-0.2, 0) is 0 Å². The number of nitrogens with zero attached hydrogens (tertiary/aromatic N) is 1. The minimum Gasteiger partial charge on any atom is -0.493 e. The van der Waals surface area contributed by atoms with Crippen molar-refractivity contribution >= 4 is 0 Å². The SMILES string of the molecule is CC(C)[C@H]1CCOc2ccncc21. The lowest BCUT2D eigenvalue weighted by Gasteiger charge is -2.27. The van der Waals surface area contributed by atoms with Crippen LogP contribution in [0.25, 0.3) is 0 Å². The molecular formula is C11H15NO. The van der Waals surface area contributed by atoms with Gasteiger partial charge in [0.1, 0.15) is 5.75 Å². The van der Waals surface area contributed by atoms with E-state index in [0.717, 1.165) is 18.8 Å². The molecule has 1 atom stereocenters. The number of ether oxygens (including phenoxy) is 1. The highest BCUT2D eigenvalue weighted by atomic mass is 16.5. The topological polar surface area (TPSA) is 22.1 Å². The quantitative estimate of drug-likeness (QED) is 0.657. The molecular weight excluding hydrogens is 162 g/mol. The van der Waals surface area contributed by atoms with Crippen LogP contribution in [0.5, 0.6) is 5.75 Å². The van der Waals surface area contributed by atoms with E-state index in [9.17, 15) is 0 Å². The van der Waals surface area contributed by atoms with Gasteiger partial charge >= 0.3 is 0 Å². The highest BCUT2D eigenvalue weighted by molar-refractivity contribution is 5.35. The summed E-state index contributed by atoms with van der Waals surface area (Å²) in [5.74, 6) is 2.32. The van der Waals surface area contributed by atoms with E-state index in [2.05, 4.69) is 18.8 Å². The summed E-state index contributed by atoms with van der Waals surface area (Å²) in [6.45, 7) is 5.36. The molecule has 1 aromatic heterocycles. The number of pyridine rings is 1. The molecule has 0 saturated heterocycles. The molecule has 2 rings (SSSR count). The Morgan fingerprint density at radius 3 is 3.15 bits per heavy atom. The standard InChI is InChI=1S/C11H15NO/c1-8(2)9-4-6-13-11-3-5-12-7-10(9)11/h3,5,7-9H,4,6H2,1-2H3/t9-/m1/s1. The largest absolute Gasteiger partial charge is 0.493 e. The Morgan fingerprint density at radius 1 is 1.54 bits per heavy atom. The second-order valence-corrected chi connectivity index (χ2v) is 3.90. The molecule has 2 heteroatoms. The number of fused-ring (bicyclic) bond motifs is 1. The Kier molecular flexibility index (Phi) is 2.21. The van der Waals surface area contributed by atoms with Crippen LogP contribution in [0.4, 0.5) is 0 Å². The number of rotatable bonds is 1. The predicted octanol–water partition coefficient (Wildman–Crippen LogP) is 2.60. The van der Waals surface area contributed by atoms with E-state index in [4.69, 9.17) is 4.74 Å². The van der Waals surface area contributed by atoms with Gasteiger partial charge in [-0.15, -0.1) is 0 Å². The Balaban J connectivity index is 2.37. The van der Waals surface area contributed by atoms with Crippen molar-refractivity contribution < 1.29 is 4.74 Å². The van der Waals surface area contributed by atoms with Crippen molar-refractivity contribution in [2.75, 3.05) is 6.61 Å². The number of hydrogen-bond acceptors (Lipinski definition) is 2. The van der Waals surface area contributed by atoms with E-state index in [1.807, 2.05) is 12.3 Å². The van der Waals surface area contributed by atoms with Crippen LogP contribution in [-0.4, -0.2) is 11.6 Å². The molecule has 0 radical (unpaired) electrons. The molecule has 1 aliphatic rings. The van der Waals surface area contributed by atoms with Gasteiger partial charge in [0.2, 0.25) is 0 Å². The Morgan fingerprint density at radius 2 is 2.38 bits per heavy atom. The minimum absolute atomic E-state index is 0.623. The fraction of sp³-hybridized carbons (Fsp3) is 0.545. The van der Waals surface area contributed by atoms with Crippen molar-refractivity contribution in [1.29, 1.82) is 0 Å². The van der Waals surface area contributed by atoms with Crippen LogP contribution in [0.1, 0.15) is 31.7 Å². The Labute approximate surface area is 78.9 Å². The molecule has 2 heterocycles. The van der Waals surface area contributed by atoms with E-state index in [1.54, 1.807) is 6.20 Å². The molecule has 0 aromatic carbocycles. The van der Waals surface area contributed by atoms with Crippen molar-refractivity contribution in [1.82, 2.24) is 4.98 Å². The third-order valence-corrected chi connectivity index (χ3v) is 2.70. The van der Waals surface area contributed by atoms with Gasteiger partial charge in [-0.3, -0.25) is 4.98 Å². The lowest BCUT2D eigenvalue weighted by molar-refractivity contribution is 0.246. The van der Waals surface area contributed by atoms with Crippen molar-refractivity contribution in [3.63, 3.8) is 0 Å². The van der Waals surface area contributed by atoms with E-state index in [1.165, 1.54) is 5.56 Å². The van der Waals surface area contributed by atoms with Crippen LogP contribution in [0, 0.1) is 5.92 Å². The molecule has 0 N–H and O–H groups in total. The fourth-order valence-electron chi connectivity index (χ4n) is 1.95. The smallest absolute Gasteiger partial charge is 0.125 e. The summed E-state index contributed by atoms with van der Waals surface area (Å²) in [5.41, 5.74) is 1.28. The molecule has 1 aromatic rings. The molecule has 0 aliphatic carbocycles. The van der Waals surface area contributed by atoms with Gasteiger partial charge < -0.3 is 4.74 Å². The van der Waals surface area contributed by atoms with Crippen molar-refractivity contribution in [2.45, 2.75) is 26.2 Å². The van der Waals surface area contributed by atoms with E-state index < -0.39 is 0 Å². The summed E-state index contributed by atoms with van der Waals surface area (Å²) >= 11 is 0. The molecule has 2 nitrogen and oxygen atoms in total. The first-order chi connectivity index (χ1) is 6.29. The first-order valence-electron chi connectivity index (χ1n) is 4.85. The molecule has 0 bridgehead atoms. The Bertz CT molecular complexity index is 296. The molecule has 0 saturated carbocycles. The van der Waals surface area contributed by atoms with Gasteiger partial charge in [0.05, 0.1) is 6.61 Å². The monoisotopic (exact) mass is 177 g/mol. The summed E-state index contributed by atoms with van der Waals surface area (Å²) in [5, 5.41) is 0. The molecule has 0 unspecified atom stereocenters. The zero-order valence-electron chi connectivity index (χ0n) is 8.16. The first-order valence-corrected chi connectivity index (χ1v) is 4.85. The lowest BCUT2D eigenvalue weighted by Crippen LogP contribution is -2.18. The summed E-state index contributed by atoms with van der Waals surface area (Å²) in [6.07, 6.45) is 4.86. The average Bonchev–Trinajstić information content (AvgIpc) is 2.17. The van der Waals surface area contributed by atoms with Gasteiger partial charge in [0.15, 0.2) is 0 Å². The van der Waals surface area contributed by atoms with Gasteiger partial charge in [0.25, 0.3) is 0 Å². The molecule has 70 valence electrons. The van der Waals surface area contributed by atoms with Crippen LogP contribution < -0.4 is 4.74 Å². The average molecular weight is 177 g/mol. The van der Waals surface area contributed by atoms with E-state index in [-0.39, 0.29) is 0 Å². The van der Waals surface area contributed by atoms with Gasteiger partial charge in [-0.1, -0.05) is 13.8 Å². The van der Waals surface area contributed by atoms with Gasteiger partial charge in [0, 0.05) is 18.0 Å². The number of aromatic nitrogens is 1. The maximum atomic E-state index is 5.56. The normalized spacial score (nSPS) is 21.0. The summed E-state index contributed by atoms with van der Waals surface area (Å²) < 4.78 is 5.56. The van der Waals surface area contributed by atoms with Gasteiger partial charge in [-0.2, -0.15) is 0 Å². The van der Waals surface area contributed by atoms with Crippen molar-refractivity contribution in [3.05, 3.63) is 24.0 Å². The molecule has 0 amide bonds. The summed E-state index contributed by atoms with van der Waals surface area (Å²) in [6, 6.07) is 1.96. The lowest BCUT2D eigenvalue weighted by atomic mass is 9.85. The molecule has 1 aliphatic heterocycles. The van der Waals surface area contributed by atoms with Crippen LogP contribution >= 0.6 is 0 Å². The van der Waals surface area contributed by atoms with Gasteiger partial charge in [-0.25, -0.2) is 0 Å². The van der Waals surface area contributed by atoms with Crippen LogP contribution in [0.2, 0.25) is 0 Å². The highest BCUT2D eigenvalue weighted by Crippen LogP contribution is 2.37. The summed E-state index contributed by atoms with van der Waals surface area (Å²) in [4.78, 5) is 4.15. The van der Waals surface area contributed by atoms with Crippen LogP contribution in [0.3, 0.4) is 0 Å². The third-order valence-electron chi connectivity index (χ3n) is 2.70. The van der Waals surface area contributed by atoms with Gasteiger partial charge in [-0.05, 0) is 24.3 Å². The first kappa shape index (κ1) is 8.54. The highest BCUT2D eigenvalue weighted by Gasteiger charge is 2.23. The Hall–Kier alpha value is -1.05. The zero-order valence-corrected chi connectivity index (χ0v) is 8.16. The maximum absolute atomic E-state index is 5.56. The second kappa shape index (κ2) is 3.36.